The van der Waals surface area contributed by atoms with Crippen LogP contribution in [0.4, 0.5) is 5.00 Å². The lowest BCUT2D eigenvalue weighted by Crippen LogP contribution is -2.17. The number of nitrogens with one attached hydrogen (secondary N) is 1. The molecule has 90 valence electrons. The van der Waals surface area contributed by atoms with E-state index >= 15 is 0 Å². The zero-order valence-electron chi connectivity index (χ0n) is 10.1. The molecule has 1 heterocycles. The highest BCUT2D eigenvalue weighted by Crippen LogP contribution is 2.25. The van der Waals surface area contributed by atoms with Crippen LogP contribution in [0.2, 0.25) is 0 Å². The lowest BCUT2D eigenvalue weighted by molar-refractivity contribution is 0.517. The van der Waals surface area contributed by atoms with Crippen molar-refractivity contribution in [2.24, 2.45) is 5.92 Å². The predicted octanol–water partition coefficient (Wildman–Crippen LogP) is 3.39. The second-order valence-corrected chi connectivity index (χ2v) is 5.21. The monoisotopic (exact) mass is 247 g/mol. The number of anilines is 1. The highest BCUT2D eigenvalue weighted by molar-refractivity contribution is 7.09. The molecule has 0 amide bonds. The van der Waals surface area contributed by atoms with Crippen LogP contribution in [0.25, 0.3) is 0 Å². The summed E-state index contributed by atoms with van der Waals surface area (Å²) < 4.78 is 3.85. The van der Waals surface area contributed by atoms with Crippen molar-refractivity contribution in [2.75, 3.05) is 11.9 Å². The molecule has 1 atom stereocenters. The Balaban J connectivity index is 2.03. The van der Waals surface area contributed by atoms with Gasteiger partial charge in [0, 0.05) is 24.0 Å². The molecule has 0 fully saturated rings. The van der Waals surface area contributed by atoms with Gasteiger partial charge in [-0.15, -0.1) is 5.10 Å². The average Bonchev–Trinajstić information content (AvgIpc) is 2.83. The molecule has 1 N–H and O–H groups in total. The van der Waals surface area contributed by atoms with Crippen LogP contribution in [0.1, 0.15) is 25.3 Å². The maximum absolute atomic E-state index is 3.85. The Labute approximate surface area is 106 Å². The lowest BCUT2D eigenvalue weighted by atomic mass is 9.88. The molecule has 1 aromatic heterocycles. The largest absolute Gasteiger partial charge is 0.374 e. The Morgan fingerprint density at radius 1 is 1.24 bits per heavy atom. The first-order chi connectivity index (χ1) is 8.27. The molecule has 0 aliphatic heterocycles. The smallest absolute Gasteiger partial charge is 0.130 e. The predicted molar refractivity (Wildman–Crippen MR) is 72.4 cm³/mol. The van der Waals surface area contributed by atoms with E-state index in [-0.39, 0.29) is 0 Å². The Morgan fingerprint density at radius 3 is 2.59 bits per heavy atom. The molecular formula is C13H17N3S. The first-order valence-corrected chi connectivity index (χ1v) is 6.61. The number of benzene rings is 1. The van der Waals surface area contributed by atoms with Crippen LogP contribution in [0.3, 0.4) is 0 Å². The molecule has 3 nitrogen and oxygen atoms in total. The molecule has 0 radical (unpaired) electrons. The third-order valence-electron chi connectivity index (χ3n) is 2.89. The van der Waals surface area contributed by atoms with Gasteiger partial charge in [-0.3, -0.25) is 0 Å². The summed E-state index contributed by atoms with van der Waals surface area (Å²) in [6.07, 6.45) is 1.77. The third kappa shape index (κ3) is 3.27. The quantitative estimate of drug-likeness (QED) is 0.880. The van der Waals surface area contributed by atoms with Crippen molar-refractivity contribution in [2.45, 2.75) is 19.8 Å². The van der Waals surface area contributed by atoms with E-state index in [0.717, 1.165) is 11.5 Å². The zero-order chi connectivity index (χ0) is 12.1. The third-order valence-corrected chi connectivity index (χ3v) is 3.51. The second kappa shape index (κ2) is 5.77. The van der Waals surface area contributed by atoms with E-state index in [4.69, 9.17) is 0 Å². The van der Waals surface area contributed by atoms with E-state index in [9.17, 15) is 0 Å². The molecule has 1 aromatic carbocycles. The van der Waals surface area contributed by atoms with Crippen LogP contribution in [-0.2, 0) is 0 Å². The van der Waals surface area contributed by atoms with Gasteiger partial charge in [0.05, 0.1) is 6.20 Å². The van der Waals surface area contributed by atoms with E-state index < -0.39 is 0 Å². The first kappa shape index (κ1) is 12.0. The van der Waals surface area contributed by atoms with E-state index in [1.54, 1.807) is 6.20 Å². The summed E-state index contributed by atoms with van der Waals surface area (Å²) in [6.45, 7) is 5.43. The van der Waals surface area contributed by atoms with Gasteiger partial charge < -0.3 is 5.32 Å². The minimum absolute atomic E-state index is 0.512. The minimum Gasteiger partial charge on any atom is -0.374 e. The molecule has 1 unspecified atom stereocenters. The van der Waals surface area contributed by atoms with Crippen molar-refractivity contribution in [3.63, 3.8) is 0 Å². The minimum atomic E-state index is 0.512. The van der Waals surface area contributed by atoms with Crippen LogP contribution >= 0.6 is 11.5 Å². The van der Waals surface area contributed by atoms with Gasteiger partial charge in [-0.25, -0.2) is 0 Å². The normalized spacial score (nSPS) is 12.6. The number of aromatic nitrogens is 2. The van der Waals surface area contributed by atoms with Gasteiger partial charge in [0.1, 0.15) is 5.00 Å². The summed E-state index contributed by atoms with van der Waals surface area (Å²) in [5.74, 6) is 1.11. The van der Waals surface area contributed by atoms with E-state index in [1.165, 1.54) is 17.1 Å². The van der Waals surface area contributed by atoms with Gasteiger partial charge >= 0.3 is 0 Å². The molecule has 0 aliphatic carbocycles. The van der Waals surface area contributed by atoms with Crippen molar-refractivity contribution in [3.8, 4) is 0 Å². The highest BCUT2D eigenvalue weighted by Gasteiger charge is 2.15. The molecule has 2 aromatic rings. The Morgan fingerprint density at radius 2 is 2.00 bits per heavy atom. The molecule has 2 rings (SSSR count). The fraction of sp³-hybridized carbons (Fsp3) is 0.385. The summed E-state index contributed by atoms with van der Waals surface area (Å²) >= 11 is 1.40. The molecule has 0 aliphatic rings. The molecule has 17 heavy (non-hydrogen) atoms. The van der Waals surface area contributed by atoms with Crippen molar-refractivity contribution in [1.82, 2.24) is 9.59 Å². The summed E-state index contributed by atoms with van der Waals surface area (Å²) in [4.78, 5) is 0. The number of hydrogen-bond donors (Lipinski definition) is 1. The maximum atomic E-state index is 3.85. The summed E-state index contributed by atoms with van der Waals surface area (Å²) in [5, 5.41) is 8.26. The van der Waals surface area contributed by atoms with Crippen LogP contribution in [0.15, 0.2) is 36.5 Å². The molecule has 0 spiro atoms. The van der Waals surface area contributed by atoms with Crippen molar-refractivity contribution >= 4 is 16.5 Å². The Bertz CT molecular complexity index is 425. The second-order valence-electron chi connectivity index (χ2n) is 4.42. The Hall–Kier alpha value is -1.42. The van der Waals surface area contributed by atoms with E-state index in [0.29, 0.717) is 11.8 Å². The summed E-state index contributed by atoms with van der Waals surface area (Å²) in [6, 6.07) is 10.6. The summed E-state index contributed by atoms with van der Waals surface area (Å²) in [5.41, 5.74) is 1.38. The SMILES string of the molecule is CC(C)C(CNc1cnns1)c1ccccc1. The van der Waals surface area contributed by atoms with E-state index in [1.807, 2.05) is 0 Å². The van der Waals surface area contributed by atoms with Crippen molar-refractivity contribution < 1.29 is 0 Å². The highest BCUT2D eigenvalue weighted by atomic mass is 32.1. The number of rotatable bonds is 5. The van der Waals surface area contributed by atoms with Crippen molar-refractivity contribution in [3.05, 3.63) is 42.1 Å². The standard InChI is InChI=1S/C13H17N3S/c1-10(2)12(11-6-4-3-5-7-11)8-14-13-9-15-16-17-13/h3-7,9-10,12,14H,8H2,1-2H3. The summed E-state index contributed by atoms with van der Waals surface area (Å²) in [7, 11) is 0. The molecule has 0 saturated heterocycles. The van der Waals surface area contributed by atoms with Gasteiger partial charge in [0.2, 0.25) is 0 Å². The first-order valence-electron chi connectivity index (χ1n) is 5.83. The topological polar surface area (TPSA) is 37.8 Å². The number of nitrogens with zero attached hydrogens (tertiary/aromatic N) is 2. The van der Waals surface area contributed by atoms with Crippen LogP contribution in [-0.4, -0.2) is 16.1 Å². The molecule has 4 heteroatoms. The van der Waals surface area contributed by atoms with Gasteiger partial charge in [-0.05, 0) is 11.5 Å². The van der Waals surface area contributed by atoms with Crippen LogP contribution < -0.4 is 5.32 Å². The fourth-order valence-electron chi connectivity index (χ4n) is 1.89. The van der Waals surface area contributed by atoms with Gasteiger partial charge in [-0.1, -0.05) is 48.7 Å². The number of hydrogen-bond acceptors (Lipinski definition) is 4. The average molecular weight is 247 g/mol. The Kier molecular flexibility index (Phi) is 4.09. The van der Waals surface area contributed by atoms with Crippen LogP contribution in [0.5, 0.6) is 0 Å². The fourth-order valence-corrected chi connectivity index (χ4v) is 2.32. The zero-order valence-corrected chi connectivity index (χ0v) is 10.9. The van der Waals surface area contributed by atoms with Gasteiger partial charge in [0.25, 0.3) is 0 Å². The molecule has 0 bridgehead atoms. The van der Waals surface area contributed by atoms with Crippen molar-refractivity contribution in [1.29, 1.82) is 0 Å². The van der Waals surface area contributed by atoms with Gasteiger partial charge in [0.15, 0.2) is 0 Å². The maximum Gasteiger partial charge on any atom is 0.130 e. The van der Waals surface area contributed by atoms with Gasteiger partial charge in [-0.2, -0.15) is 0 Å². The van der Waals surface area contributed by atoms with E-state index in [2.05, 4.69) is 59.1 Å². The molecular weight excluding hydrogens is 230 g/mol. The van der Waals surface area contributed by atoms with Crippen LogP contribution in [0, 0.1) is 5.92 Å². The molecule has 0 saturated carbocycles. The lowest BCUT2D eigenvalue weighted by Gasteiger charge is -2.21.